The molecule has 0 unspecified atom stereocenters. The predicted octanol–water partition coefficient (Wildman–Crippen LogP) is 3.69. The standard InChI is InChI=1S/C20H17FN6/c1-27-11-10-23-19(27)18-17(14-5-7-15(21)8-6-14)13-25-20(26-18)24-12-16-4-2-3-9-22-16/h2-11,13H,12H2,1H3,(H,24,25,26). The zero-order valence-electron chi connectivity index (χ0n) is 14.7. The molecule has 0 radical (unpaired) electrons. The largest absolute Gasteiger partial charge is 0.349 e. The molecule has 134 valence electrons. The van der Waals surface area contributed by atoms with Gasteiger partial charge in [0.05, 0.1) is 12.2 Å². The first-order valence-electron chi connectivity index (χ1n) is 8.45. The molecule has 6 nitrogen and oxygen atoms in total. The lowest BCUT2D eigenvalue weighted by atomic mass is 10.1. The average Bonchev–Trinajstić information content (AvgIpc) is 3.13. The first-order valence-corrected chi connectivity index (χ1v) is 8.45. The number of nitrogens with zero attached hydrogens (tertiary/aromatic N) is 5. The monoisotopic (exact) mass is 360 g/mol. The van der Waals surface area contributed by atoms with Crippen molar-refractivity contribution in [2.45, 2.75) is 6.54 Å². The molecule has 0 bridgehead atoms. The Morgan fingerprint density at radius 1 is 1.00 bits per heavy atom. The molecule has 0 atom stereocenters. The second kappa shape index (κ2) is 7.33. The maximum Gasteiger partial charge on any atom is 0.223 e. The number of aromatic nitrogens is 5. The Balaban J connectivity index is 1.71. The highest BCUT2D eigenvalue weighted by Crippen LogP contribution is 2.29. The highest BCUT2D eigenvalue weighted by Gasteiger charge is 2.15. The van der Waals surface area contributed by atoms with Gasteiger partial charge in [0.2, 0.25) is 5.95 Å². The van der Waals surface area contributed by atoms with Gasteiger partial charge in [-0.2, -0.15) is 0 Å². The molecule has 27 heavy (non-hydrogen) atoms. The van der Waals surface area contributed by atoms with Crippen LogP contribution in [0.1, 0.15) is 5.69 Å². The van der Waals surface area contributed by atoms with Crippen molar-refractivity contribution < 1.29 is 4.39 Å². The molecule has 3 aromatic heterocycles. The van der Waals surface area contributed by atoms with E-state index in [9.17, 15) is 4.39 Å². The van der Waals surface area contributed by atoms with E-state index in [-0.39, 0.29) is 5.82 Å². The van der Waals surface area contributed by atoms with E-state index in [0.29, 0.717) is 24.0 Å². The summed E-state index contributed by atoms with van der Waals surface area (Å²) in [5, 5.41) is 3.19. The number of hydrogen-bond donors (Lipinski definition) is 1. The lowest BCUT2D eigenvalue weighted by Gasteiger charge is -2.11. The van der Waals surface area contributed by atoms with Crippen LogP contribution in [0.25, 0.3) is 22.6 Å². The highest BCUT2D eigenvalue weighted by molar-refractivity contribution is 5.78. The van der Waals surface area contributed by atoms with Gasteiger partial charge in [0, 0.05) is 37.4 Å². The summed E-state index contributed by atoms with van der Waals surface area (Å²) < 4.78 is 15.2. The number of aryl methyl sites for hydroxylation is 1. The topological polar surface area (TPSA) is 68.5 Å². The van der Waals surface area contributed by atoms with Gasteiger partial charge in [-0.05, 0) is 29.8 Å². The van der Waals surface area contributed by atoms with Gasteiger partial charge >= 0.3 is 0 Å². The van der Waals surface area contributed by atoms with E-state index in [4.69, 9.17) is 0 Å². The number of benzene rings is 1. The fourth-order valence-electron chi connectivity index (χ4n) is 2.74. The highest BCUT2D eigenvalue weighted by atomic mass is 19.1. The van der Waals surface area contributed by atoms with Crippen LogP contribution in [0.2, 0.25) is 0 Å². The van der Waals surface area contributed by atoms with Gasteiger partial charge in [-0.15, -0.1) is 0 Å². The van der Waals surface area contributed by atoms with Crippen LogP contribution in [0.5, 0.6) is 0 Å². The van der Waals surface area contributed by atoms with Crippen molar-refractivity contribution in [3.05, 3.63) is 78.8 Å². The lowest BCUT2D eigenvalue weighted by molar-refractivity contribution is 0.628. The van der Waals surface area contributed by atoms with Gasteiger partial charge in [-0.1, -0.05) is 18.2 Å². The third-order valence-corrected chi connectivity index (χ3v) is 4.13. The molecule has 0 aliphatic rings. The maximum atomic E-state index is 13.3. The average molecular weight is 360 g/mol. The van der Waals surface area contributed by atoms with Crippen LogP contribution in [-0.2, 0) is 13.6 Å². The number of nitrogens with one attached hydrogen (secondary N) is 1. The summed E-state index contributed by atoms with van der Waals surface area (Å²) in [5.74, 6) is 0.897. The minimum Gasteiger partial charge on any atom is -0.349 e. The summed E-state index contributed by atoms with van der Waals surface area (Å²) in [7, 11) is 1.90. The summed E-state index contributed by atoms with van der Waals surface area (Å²) in [5.41, 5.74) is 3.17. The number of hydrogen-bond acceptors (Lipinski definition) is 5. The summed E-state index contributed by atoms with van der Waals surface area (Å²) in [6.07, 6.45) is 7.04. The van der Waals surface area contributed by atoms with E-state index >= 15 is 0 Å². The summed E-state index contributed by atoms with van der Waals surface area (Å²) in [6, 6.07) is 12.0. The zero-order chi connectivity index (χ0) is 18.6. The molecule has 0 amide bonds. The van der Waals surface area contributed by atoms with Gasteiger partial charge in [-0.3, -0.25) is 4.98 Å². The number of anilines is 1. The van der Waals surface area contributed by atoms with Crippen LogP contribution in [0.4, 0.5) is 10.3 Å². The Hall–Kier alpha value is -3.61. The minimum absolute atomic E-state index is 0.285. The van der Waals surface area contributed by atoms with Crippen molar-refractivity contribution in [1.82, 2.24) is 24.5 Å². The third kappa shape index (κ3) is 3.67. The number of rotatable bonds is 5. The molecule has 0 saturated carbocycles. The van der Waals surface area contributed by atoms with Crippen molar-refractivity contribution in [2.75, 3.05) is 5.32 Å². The molecule has 0 aliphatic heterocycles. The van der Waals surface area contributed by atoms with Crippen LogP contribution >= 0.6 is 0 Å². The second-order valence-electron chi connectivity index (χ2n) is 6.00. The van der Waals surface area contributed by atoms with Crippen LogP contribution in [0.3, 0.4) is 0 Å². The van der Waals surface area contributed by atoms with Crippen LogP contribution in [0.15, 0.2) is 67.3 Å². The van der Waals surface area contributed by atoms with Gasteiger partial charge in [0.15, 0.2) is 5.82 Å². The van der Waals surface area contributed by atoms with Crippen molar-refractivity contribution in [3.63, 3.8) is 0 Å². The van der Waals surface area contributed by atoms with E-state index in [1.807, 2.05) is 36.0 Å². The first-order chi connectivity index (χ1) is 13.2. The second-order valence-corrected chi connectivity index (χ2v) is 6.00. The smallest absolute Gasteiger partial charge is 0.223 e. The molecule has 0 fully saturated rings. The Bertz CT molecular complexity index is 1040. The van der Waals surface area contributed by atoms with Crippen LogP contribution in [0, 0.1) is 5.82 Å². The van der Waals surface area contributed by atoms with Crippen molar-refractivity contribution >= 4 is 5.95 Å². The normalized spacial score (nSPS) is 10.7. The van der Waals surface area contributed by atoms with E-state index in [1.54, 1.807) is 30.7 Å². The SMILES string of the molecule is Cn1ccnc1-c1nc(NCc2ccccn2)ncc1-c1ccc(F)cc1. The Morgan fingerprint density at radius 2 is 1.85 bits per heavy atom. The van der Waals surface area contributed by atoms with Crippen LogP contribution < -0.4 is 5.32 Å². The molecular formula is C20H17FN6. The van der Waals surface area contributed by atoms with Crippen molar-refractivity contribution in [3.8, 4) is 22.6 Å². The maximum absolute atomic E-state index is 13.3. The molecule has 0 saturated heterocycles. The third-order valence-electron chi connectivity index (χ3n) is 4.13. The molecule has 0 spiro atoms. The molecule has 7 heteroatoms. The van der Waals surface area contributed by atoms with Gasteiger partial charge in [0.25, 0.3) is 0 Å². The summed E-state index contributed by atoms with van der Waals surface area (Å²) in [4.78, 5) is 17.8. The van der Waals surface area contributed by atoms with Gasteiger partial charge < -0.3 is 9.88 Å². The Morgan fingerprint density at radius 3 is 2.56 bits per heavy atom. The van der Waals surface area contributed by atoms with Gasteiger partial charge in [-0.25, -0.2) is 19.3 Å². The molecule has 4 rings (SSSR count). The first kappa shape index (κ1) is 16.8. The fraction of sp³-hybridized carbons (Fsp3) is 0.100. The Labute approximate surface area is 155 Å². The molecule has 4 aromatic rings. The molecule has 0 aliphatic carbocycles. The quantitative estimate of drug-likeness (QED) is 0.588. The lowest BCUT2D eigenvalue weighted by Crippen LogP contribution is -2.07. The summed E-state index contributed by atoms with van der Waals surface area (Å²) in [6.45, 7) is 0.511. The number of pyridine rings is 1. The fourth-order valence-corrected chi connectivity index (χ4v) is 2.74. The van der Waals surface area contributed by atoms with E-state index in [0.717, 1.165) is 16.8 Å². The zero-order valence-corrected chi connectivity index (χ0v) is 14.7. The van der Waals surface area contributed by atoms with Gasteiger partial charge in [0.1, 0.15) is 11.5 Å². The van der Waals surface area contributed by atoms with E-state index in [1.165, 1.54) is 12.1 Å². The van der Waals surface area contributed by atoms with Crippen molar-refractivity contribution in [2.24, 2.45) is 7.05 Å². The molecular weight excluding hydrogens is 343 g/mol. The molecule has 1 N–H and O–H groups in total. The molecule has 1 aromatic carbocycles. The predicted molar refractivity (Wildman–Crippen MR) is 101 cm³/mol. The molecule has 3 heterocycles. The van der Waals surface area contributed by atoms with Crippen molar-refractivity contribution in [1.29, 1.82) is 0 Å². The van der Waals surface area contributed by atoms with Crippen LogP contribution in [-0.4, -0.2) is 24.5 Å². The van der Waals surface area contributed by atoms with E-state index in [2.05, 4.69) is 25.3 Å². The summed E-state index contributed by atoms with van der Waals surface area (Å²) >= 11 is 0. The number of halogens is 1. The Kier molecular flexibility index (Phi) is 4.57. The minimum atomic E-state index is -0.285. The van der Waals surface area contributed by atoms with E-state index < -0.39 is 0 Å². The number of imidazole rings is 1.